The fourth-order valence-electron chi connectivity index (χ4n) is 4.35. The van der Waals surface area contributed by atoms with Crippen molar-refractivity contribution >= 4 is 5.91 Å². The molecule has 0 aliphatic carbocycles. The second-order valence-electron chi connectivity index (χ2n) is 8.28. The molecule has 6 heteroatoms. The number of ether oxygens (including phenoxy) is 3. The summed E-state index contributed by atoms with van der Waals surface area (Å²) >= 11 is 0. The van der Waals surface area contributed by atoms with Gasteiger partial charge in [0, 0.05) is 32.6 Å². The molecule has 28 heavy (non-hydrogen) atoms. The molecule has 2 fully saturated rings. The lowest BCUT2D eigenvalue weighted by Gasteiger charge is -2.46. The van der Waals surface area contributed by atoms with Crippen LogP contribution in [-0.4, -0.2) is 61.4 Å². The van der Waals surface area contributed by atoms with Crippen molar-refractivity contribution in [1.82, 2.24) is 10.2 Å². The van der Waals surface area contributed by atoms with E-state index >= 15 is 0 Å². The Morgan fingerprint density at radius 3 is 2.75 bits per heavy atom. The molecule has 1 aromatic rings. The van der Waals surface area contributed by atoms with Crippen molar-refractivity contribution in [3.05, 3.63) is 24.3 Å². The highest BCUT2D eigenvalue weighted by Gasteiger charge is 2.43. The Bertz CT molecular complexity index is 672. The first-order chi connectivity index (χ1) is 13.7. The molecule has 0 bridgehead atoms. The Balaban J connectivity index is 1.23. The topological polar surface area (TPSA) is 60.0 Å². The number of likely N-dealkylation sites (tertiary alicyclic amines) is 1. The lowest BCUT2D eigenvalue weighted by atomic mass is 9.88. The number of nitrogens with zero attached hydrogens (tertiary/aromatic N) is 1. The minimum Gasteiger partial charge on any atom is -0.486 e. The molecule has 1 amide bonds. The number of benzene rings is 1. The molecule has 1 aromatic carbocycles. The summed E-state index contributed by atoms with van der Waals surface area (Å²) in [6.07, 6.45) is 5.69. The molecule has 0 saturated carbocycles. The molecular weight excluding hydrogens is 356 g/mol. The summed E-state index contributed by atoms with van der Waals surface area (Å²) in [5.74, 6) is 1.75. The molecule has 3 aliphatic heterocycles. The average Bonchev–Trinajstić information content (AvgIpc) is 2.74. The standard InChI is InChI=1S/C22H32N2O4/c1-2-3-6-20-21(25)23-16-22(28-20)10-13-24(14-11-22)12-9-17-15-26-18-7-4-5-8-19(18)27-17/h4-5,7-8,17,20H,2-3,6,9-16H2,1H3,(H,23,25). The van der Waals surface area contributed by atoms with Gasteiger partial charge in [-0.15, -0.1) is 0 Å². The third-order valence-corrected chi connectivity index (χ3v) is 6.19. The zero-order valence-corrected chi connectivity index (χ0v) is 16.8. The van der Waals surface area contributed by atoms with Crippen LogP contribution in [0.1, 0.15) is 45.4 Å². The SMILES string of the molecule is CCCCC1OC2(CCN(CCC3COc4ccccc4O3)CC2)CNC1=O. The van der Waals surface area contributed by atoms with Crippen LogP contribution in [0, 0.1) is 0 Å². The number of piperidine rings is 1. The van der Waals surface area contributed by atoms with E-state index in [0.717, 1.165) is 69.7 Å². The third-order valence-electron chi connectivity index (χ3n) is 6.19. The normalized spacial score (nSPS) is 26.8. The molecular formula is C22H32N2O4. The lowest BCUT2D eigenvalue weighted by molar-refractivity contribution is -0.171. The van der Waals surface area contributed by atoms with Crippen LogP contribution in [0.15, 0.2) is 24.3 Å². The van der Waals surface area contributed by atoms with Gasteiger partial charge >= 0.3 is 0 Å². The number of carbonyl (C=O) groups is 1. The molecule has 2 saturated heterocycles. The van der Waals surface area contributed by atoms with Crippen molar-refractivity contribution in [2.24, 2.45) is 0 Å². The van der Waals surface area contributed by atoms with Crippen LogP contribution in [0.3, 0.4) is 0 Å². The molecule has 0 radical (unpaired) electrons. The minimum absolute atomic E-state index is 0.0660. The molecule has 2 atom stereocenters. The van der Waals surface area contributed by atoms with Crippen LogP contribution in [0.25, 0.3) is 0 Å². The maximum Gasteiger partial charge on any atom is 0.249 e. The summed E-state index contributed by atoms with van der Waals surface area (Å²) in [6.45, 7) is 6.41. The monoisotopic (exact) mass is 388 g/mol. The number of nitrogens with one attached hydrogen (secondary N) is 1. The maximum absolute atomic E-state index is 12.1. The van der Waals surface area contributed by atoms with E-state index in [-0.39, 0.29) is 23.7 Å². The largest absolute Gasteiger partial charge is 0.486 e. The van der Waals surface area contributed by atoms with Gasteiger partial charge in [-0.25, -0.2) is 0 Å². The molecule has 0 aromatic heterocycles. The molecule has 1 N–H and O–H groups in total. The highest BCUT2D eigenvalue weighted by atomic mass is 16.6. The predicted molar refractivity (Wildman–Crippen MR) is 107 cm³/mol. The van der Waals surface area contributed by atoms with E-state index in [1.54, 1.807) is 0 Å². The molecule has 1 spiro atoms. The van der Waals surface area contributed by atoms with Gasteiger partial charge in [-0.05, 0) is 31.4 Å². The molecule has 3 aliphatic rings. The van der Waals surface area contributed by atoms with Crippen molar-refractivity contribution in [3.8, 4) is 11.5 Å². The van der Waals surface area contributed by atoms with E-state index in [9.17, 15) is 4.79 Å². The van der Waals surface area contributed by atoms with Crippen LogP contribution >= 0.6 is 0 Å². The number of fused-ring (bicyclic) bond motifs is 1. The van der Waals surface area contributed by atoms with Crippen LogP contribution in [-0.2, 0) is 9.53 Å². The molecule has 154 valence electrons. The quantitative estimate of drug-likeness (QED) is 0.812. The first kappa shape index (κ1) is 19.5. The Morgan fingerprint density at radius 1 is 1.18 bits per heavy atom. The second kappa shape index (κ2) is 8.70. The lowest BCUT2D eigenvalue weighted by Crippen LogP contribution is -2.60. The number of carbonyl (C=O) groups excluding carboxylic acids is 1. The van der Waals surface area contributed by atoms with Gasteiger partial charge in [0.25, 0.3) is 0 Å². The Kier molecular flexibility index (Phi) is 6.07. The van der Waals surface area contributed by atoms with Gasteiger partial charge in [0.05, 0.1) is 5.60 Å². The van der Waals surface area contributed by atoms with Crippen LogP contribution in [0.5, 0.6) is 11.5 Å². The zero-order valence-electron chi connectivity index (χ0n) is 16.8. The van der Waals surface area contributed by atoms with Gasteiger partial charge in [-0.3, -0.25) is 4.79 Å². The van der Waals surface area contributed by atoms with Crippen molar-refractivity contribution in [3.63, 3.8) is 0 Å². The summed E-state index contributed by atoms with van der Waals surface area (Å²) in [6, 6.07) is 7.86. The highest BCUT2D eigenvalue weighted by molar-refractivity contribution is 5.81. The van der Waals surface area contributed by atoms with Gasteiger partial charge in [0.15, 0.2) is 11.5 Å². The van der Waals surface area contributed by atoms with E-state index < -0.39 is 0 Å². The van der Waals surface area contributed by atoms with Crippen molar-refractivity contribution in [2.45, 2.75) is 63.3 Å². The van der Waals surface area contributed by atoms with Gasteiger partial charge in [0.2, 0.25) is 5.91 Å². The zero-order chi connectivity index (χ0) is 19.4. The number of hydrogen-bond acceptors (Lipinski definition) is 5. The summed E-state index contributed by atoms with van der Waals surface area (Å²) in [5, 5.41) is 3.09. The summed E-state index contributed by atoms with van der Waals surface area (Å²) in [7, 11) is 0. The fraction of sp³-hybridized carbons (Fsp3) is 0.682. The average molecular weight is 389 g/mol. The molecule has 2 unspecified atom stereocenters. The van der Waals surface area contributed by atoms with E-state index in [1.807, 2.05) is 24.3 Å². The van der Waals surface area contributed by atoms with Crippen molar-refractivity contribution < 1.29 is 19.0 Å². The van der Waals surface area contributed by atoms with E-state index in [2.05, 4.69) is 17.1 Å². The molecule has 4 rings (SSSR count). The summed E-state index contributed by atoms with van der Waals surface area (Å²) in [4.78, 5) is 14.6. The predicted octanol–water partition coefficient (Wildman–Crippen LogP) is 2.76. The van der Waals surface area contributed by atoms with Crippen LogP contribution in [0.2, 0.25) is 0 Å². The van der Waals surface area contributed by atoms with Gasteiger partial charge in [-0.1, -0.05) is 31.9 Å². The number of para-hydroxylation sites is 2. The van der Waals surface area contributed by atoms with Crippen molar-refractivity contribution in [1.29, 1.82) is 0 Å². The van der Waals surface area contributed by atoms with E-state index in [0.29, 0.717) is 13.2 Å². The first-order valence-corrected chi connectivity index (χ1v) is 10.7. The summed E-state index contributed by atoms with van der Waals surface area (Å²) in [5.41, 5.74) is -0.174. The number of unbranched alkanes of at least 4 members (excludes halogenated alkanes) is 1. The van der Waals surface area contributed by atoms with E-state index in [1.165, 1.54) is 0 Å². The second-order valence-corrected chi connectivity index (χ2v) is 8.28. The number of amides is 1. The maximum atomic E-state index is 12.1. The Hall–Kier alpha value is -1.79. The Morgan fingerprint density at radius 2 is 1.96 bits per heavy atom. The van der Waals surface area contributed by atoms with E-state index in [4.69, 9.17) is 14.2 Å². The van der Waals surface area contributed by atoms with Gasteiger partial charge in [0.1, 0.15) is 18.8 Å². The number of rotatable bonds is 6. The number of morpholine rings is 1. The van der Waals surface area contributed by atoms with Crippen LogP contribution in [0.4, 0.5) is 0 Å². The third kappa shape index (κ3) is 4.44. The smallest absolute Gasteiger partial charge is 0.249 e. The van der Waals surface area contributed by atoms with Crippen molar-refractivity contribution in [2.75, 3.05) is 32.8 Å². The fourth-order valence-corrected chi connectivity index (χ4v) is 4.35. The van der Waals surface area contributed by atoms with Crippen LogP contribution < -0.4 is 14.8 Å². The Labute approximate surface area is 167 Å². The molecule has 3 heterocycles. The summed E-state index contributed by atoms with van der Waals surface area (Å²) < 4.78 is 18.2. The number of hydrogen-bond donors (Lipinski definition) is 1. The first-order valence-electron chi connectivity index (χ1n) is 10.7. The molecule has 6 nitrogen and oxygen atoms in total. The van der Waals surface area contributed by atoms with Gasteiger partial charge < -0.3 is 24.4 Å². The highest BCUT2D eigenvalue weighted by Crippen LogP contribution is 2.33. The minimum atomic E-state index is -0.270. The van der Waals surface area contributed by atoms with Gasteiger partial charge in [-0.2, -0.15) is 0 Å².